The minimum absolute atomic E-state index is 0.00175. The van der Waals surface area contributed by atoms with Gasteiger partial charge in [-0.15, -0.1) is 0 Å². The number of hydrogen-bond acceptors (Lipinski definition) is 5. The molecule has 0 bridgehead atoms. The predicted octanol–water partition coefficient (Wildman–Crippen LogP) is 5.58. The summed E-state index contributed by atoms with van der Waals surface area (Å²) in [5, 5.41) is 8.00. The van der Waals surface area contributed by atoms with Crippen molar-refractivity contribution >= 4 is 34.8 Å². The summed E-state index contributed by atoms with van der Waals surface area (Å²) in [5.41, 5.74) is 0.638. The Morgan fingerprint density at radius 3 is 2.14 bits per heavy atom. The average Bonchev–Trinajstić information content (AvgIpc) is 2.86. The second-order valence-corrected chi connectivity index (χ2v) is 7.73. The lowest BCUT2D eigenvalue weighted by atomic mass is 10.1. The minimum atomic E-state index is -4.53. The smallest absolute Gasteiger partial charge is 0.416 e. The van der Waals surface area contributed by atoms with Crippen LogP contribution >= 0.6 is 0 Å². The van der Waals surface area contributed by atoms with Crippen LogP contribution < -0.4 is 16.0 Å². The van der Waals surface area contributed by atoms with Crippen molar-refractivity contribution in [1.29, 1.82) is 0 Å². The topological polar surface area (TPSA) is 96.5 Å². The molecule has 0 aromatic heterocycles. The second-order valence-electron chi connectivity index (χ2n) is 7.73. The molecule has 188 valence electrons. The first-order valence-corrected chi connectivity index (χ1v) is 11.1. The summed E-state index contributed by atoms with van der Waals surface area (Å²) in [4.78, 5) is 36.7. The molecule has 0 unspecified atom stereocenters. The van der Waals surface area contributed by atoms with Gasteiger partial charge in [-0.25, -0.2) is 4.79 Å². The normalized spacial score (nSPS) is 10.9. The molecule has 0 atom stereocenters. The molecule has 0 saturated carbocycles. The van der Waals surface area contributed by atoms with E-state index in [-0.39, 0.29) is 17.8 Å². The Hall–Kier alpha value is -4.34. The second kappa shape index (κ2) is 11.9. The van der Waals surface area contributed by atoms with E-state index < -0.39 is 29.5 Å². The summed E-state index contributed by atoms with van der Waals surface area (Å²) in [5.74, 6) is -1.43. The van der Waals surface area contributed by atoms with Gasteiger partial charge in [0.25, 0.3) is 5.91 Å². The van der Waals surface area contributed by atoms with E-state index in [0.717, 1.165) is 18.6 Å². The molecule has 0 aliphatic rings. The third-order valence-electron chi connectivity index (χ3n) is 4.87. The van der Waals surface area contributed by atoms with E-state index in [9.17, 15) is 27.6 Å². The Bertz CT molecular complexity index is 1230. The zero-order valence-corrected chi connectivity index (χ0v) is 19.3. The highest BCUT2D eigenvalue weighted by Crippen LogP contribution is 2.30. The molecule has 10 heteroatoms. The van der Waals surface area contributed by atoms with Gasteiger partial charge in [0.15, 0.2) is 0 Å². The lowest BCUT2D eigenvalue weighted by molar-refractivity contribution is -0.137. The van der Waals surface area contributed by atoms with E-state index in [1.807, 2.05) is 6.92 Å². The van der Waals surface area contributed by atoms with E-state index >= 15 is 0 Å². The van der Waals surface area contributed by atoms with Crippen LogP contribution in [0.5, 0.6) is 0 Å². The first-order valence-electron chi connectivity index (χ1n) is 11.1. The van der Waals surface area contributed by atoms with Gasteiger partial charge in [-0.1, -0.05) is 19.1 Å². The van der Waals surface area contributed by atoms with Crippen LogP contribution in [0.4, 0.5) is 30.2 Å². The number of halogens is 3. The molecule has 0 spiro atoms. The van der Waals surface area contributed by atoms with Gasteiger partial charge in [-0.05, 0) is 67.1 Å². The summed E-state index contributed by atoms with van der Waals surface area (Å²) in [6.07, 6.45) is -3.80. The number of alkyl halides is 3. The monoisotopic (exact) mass is 499 g/mol. The Balaban J connectivity index is 1.55. The van der Waals surface area contributed by atoms with Gasteiger partial charge in [0, 0.05) is 22.6 Å². The molecule has 0 fully saturated rings. The molecule has 2 amide bonds. The highest BCUT2D eigenvalue weighted by Gasteiger charge is 2.30. The zero-order chi connectivity index (χ0) is 26.1. The van der Waals surface area contributed by atoms with Gasteiger partial charge in [0.2, 0.25) is 5.91 Å². The number of esters is 1. The lowest BCUT2D eigenvalue weighted by Gasteiger charge is -2.11. The molecule has 3 aromatic carbocycles. The van der Waals surface area contributed by atoms with Crippen molar-refractivity contribution < 1.29 is 32.3 Å². The molecule has 3 rings (SSSR count). The maximum atomic E-state index is 12.9. The van der Waals surface area contributed by atoms with Crippen molar-refractivity contribution in [2.45, 2.75) is 19.5 Å². The number of benzene rings is 3. The van der Waals surface area contributed by atoms with E-state index in [1.165, 1.54) is 24.3 Å². The molecule has 3 aromatic rings. The first kappa shape index (κ1) is 26.3. The molecule has 0 saturated heterocycles. The number of carbonyl (C=O) groups is 3. The molecular weight excluding hydrogens is 475 g/mol. The summed E-state index contributed by atoms with van der Waals surface area (Å²) in [6, 6.07) is 16.8. The van der Waals surface area contributed by atoms with Crippen LogP contribution in [0.2, 0.25) is 0 Å². The van der Waals surface area contributed by atoms with E-state index in [4.69, 9.17) is 4.74 Å². The summed E-state index contributed by atoms with van der Waals surface area (Å²) in [7, 11) is 0. The number of carbonyl (C=O) groups excluding carboxylic acids is 3. The Morgan fingerprint density at radius 2 is 1.47 bits per heavy atom. The fourth-order valence-electron chi connectivity index (χ4n) is 3.10. The number of rotatable bonds is 9. The quantitative estimate of drug-likeness (QED) is 0.334. The fourth-order valence-corrected chi connectivity index (χ4v) is 3.10. The first-order chi connectivity index (χ1) is 17.2. The number of ether oxygens (including phenoxy) is 1. The van der Waals surface area contributed by atoms with Crippen LogP contribution in [-0.4, -0.2) is 30.9 Å². The van der Waals surface area contributed by atoms with Gasteiger partial charge < -0.3 is 20.7 Å². The van der Waals surface area contributed by atoms with Crippen LogP contribution in [0, 0.1) is 0 Å². The molecular formula is C26H24F3N3O4. The van der Waals surface area contributed by atoms with Crippen LogP contribution in [-0.2, 0) is 15.7 Å². The summed E-state index contributed by atoms with van der Waals surface area (Å²) >= 11 is 0. The molecule has 0 radical (unpaired) electrons. The molecule has 7 nitrogen and oxygen atoms in total. The average molecular weight is 499 g/mol. The molecule has 0 heterocycles. The van der Waals surface area contributed by atoms with Crippen molar-refractivity contribution in [1.82, 2.24) is 0 Å². The number of anilines is 3. The van der Waals surface area contributed by atoms with Crippen molar-refractivity contribution in [2.75, 3.05) is 29.1 Å². The number of nitrogens with one attached hydrogen (secondary N) is 3. The third-order valence-corrected chi connectivity index (χ3v) is 4.87. The molecule has 0 aliphatic heterocycles. The van der Waals surface area contributed by atoms with Crippen molar-refractivity contribution in [2.24, 2.45) is 0 Å². The van der Waals surface area contributed by atoms with E-state index in [2.05, 4.69) is 16.0 Å². The van der Waals surface area contributed by atoms with E-state index in [0.29, 0.717) is 23.5 Å². The molecule has 0 aliphatic carbocycles. The van der Waals surface area contributed by atoms with Crippen molar-refractivity contribution in [3.8, 4) is 0 Å². The van der Waals surface area contributed by atoms with Crippen LogP contribution in [0.3, 0.4) is 0 Å². The lowest BCUT2D eigenvalue weighted by Crippen LogP contribution is -2.22. The van der Waals surface area contributed by atoms with Gasteiger partial charge in [0.1, 0.15) is 0 Å². The minimum Gasteiger partial charge on any atom is -0.462 e. The van der Waals surface area contributed by atoms with Crippen molar-refractivity contribution in [3.05, 3.63) is 89.5 Å². The standard InChI is InChI=1S/C26H24F3N3O4/c1-2-13-36-25(35)17-9-11-20(12-10-17)30-16-23(33)31-21-7-3-5-18(14-21)24(34)32-22-8-4-6-19(15-22)26(27,28)29/h3-12,14-15,30H,2,13,16H2,1H3,(H,31,33)(H,32,34). The zero-order valence-electron chi connectivity index (χ0n) is 19.3. The SMILES string of the molecule is CCCOC(=O)c1ccc(NCC(=O)Nc2cccc(C(=O)Nc3cccc(C(F)(F)F)c3)c2)cc1. The Labute approximate surface area is 205 Å². The summed E-state index contributed by atoms with van der Waals surface area (Å²) in [6.45, 7) is 2.16. The maximum absolute atomic E-state index is 12.9. The van der Waals surface area contributed by atoms with E-state index in [1.54, 1.807) is 36.4 Å². The van der Waals surface area contributed by atoms with Gasteiger partial charge in [0.05, 0.1) is 24.3 Å². The van der Waals surface area contributed by atoms with Gasteiger partial charge >= 0.3 is 12.1 Å². The molecule has 3 N–H and O–H groups in total. The van der Waals surface area contributed by atoms with Crippen LogP contribution in [0.15, 0.2) is 72.8 Å². The van der Waals surface area contributed by atoms with Crippen molar-refractivity contribution in [3.63, 3.8) is 0 Å². The largest absolute Gasteiger partial charge is 0.462 e. The van der Waals surface area contributed by atoms with Gasteiger partial charge in [-0.3, -0.25) is 9.59 Å². The van der Waals surface area contributed by atoms with Crippen LogP contribution in [0.25, 0.3) is 0 Å². The van der Waals surface area contributed by atoms with Gasteiger partial charge in [-0.2, -0.15) is 13.2 Å². The maximum Gasteiger partial charge on any atom is 0.416 e. The highest BCUT2D eigenvalue weighted by molar-refractivity contribution is 6.05. The number of amides is 2. The Kier molecular flexibility index (Phi) is 8.66. The predicted molar refractivity (Wildman–Crippen MR) is 130 cm³/mol. The molecule has 36 heavy (non-hydrogen) atoms. The summed E-state index contributed by atoms with van der Waals surface area (Å²) < 4.78 is 43.7. The van der Waals surface area contributed by atoms with Crippen LogP contribution in [0.1, 0.15) is 39.6 Å². The fraction of sp³-hybridized carbons (Fsp3) is 0.192. The highest BCUT2D eigenvalue weighted by atomic mass is 19.4. The number of hydrogen-bond donors (Lipinski definition) is 3. The third kappa shape index (κ3) is 7.59. The Morgan fingerprint density at radius 1 is 0.806 bits per heavy atom.